The van der Waals surface area contributed by atoms with E-state index in [9.17, 15) is 4.79 Å². The predicted octanol–water partition coefficient (Wildman–Crippen LogP) is 0.380. The maximum absolute atomic E-state index is 11.2. The third-order valence-electron chi connectivity index (χ3n) is 1.91. The normalized spacial score (nSPS) is 10.1. The van der Waals surface area contributed by atoms with Crippen LogP contribution in [0.1, 0.15) is 5.56 Å². The molecule has 0 fully saturated rings. The number of hydrogen-bond acceptors (Lipinski definition) is 4. The zero-order valence-corrected chi connectivity index (χ0v) is 9.67. The van der Waals surface area contributed by atoms with Gasteiger partial charge >= 0.3 is 0 Å². The molecule has 0 aliphatic carbocycles. The largest absolute Gasteiger partial charge is 0.395 e. The molecule has 0 aliphatic heterocycles. The summed E-state index contributed by atoms with van der Waals surface area (Å²) >= 11 is 1.42. The zero-order chi connectivity index (χ0) is 11.8. The van der Waals surface area contributed by atoms with Gasteiger partial charge in [-0.2, -0.15) is 0 Å². The molecule has 5 heteroatoms. The van der Waals surface area contributed by atoms with Gasteiger partial charge in [-0.25, -0.2) is 0 Å². The van der Waals surface area contributed by atoms with Crippen LogP contribution in [0.3, 0.4) is 0 Å². The van der Waals surface area contributed by atoms with Gasteiger partial charge in [0.25, 0.3) is 0 Å². The molecule has 0 heterocycles. The third kappa shape index (κ3) is 4.65. The molecule has 0 aromatic heterocycles. The van der Waals surface area contributed by atoms with Crippen molar-refractivity contribution in [2.45, 2.75) is 11.5 Å². The minimum absolute atomic E-state index is 0.0297. The van der Waals surface area contributed by atoms with Crippen LogP contribution >= 0.6 is 11.8 Å². The average Bonchev–Trinajstić information content (AvgIpc) is 2.34. The maximum atomic E-state index is 11.2. The lowest BCUT2D eigenvalue weighted by Gasteiger charge is -2.03. The third-order valence-corrected chi connectivity index (χ3v) is 2.92. The molecule has 0 atom stereocenters. The fourth-order valence-electron chi connectivity index (χ4n) is 1.09. The van der Waals surface area contributed by atoms with Crippen LogP contribution in [0, 0.1) is 0 Å². The summed E-state index contributed by atoms with van der Waals surface area (Å²) in [4.78, 5) is 12.2. The zero-order valence-electron chi connectivity index (χ0n) is 8.85. The number of rotatable bonds is 6. The van der Waals surface area contributed by atoms with Crippen molar-refractivity contribution in [3.05, 3.63) is 29.8 Å². The number of thioether (sulfide) groups is 1. The van der Waals surface area contributed by atoms with Crippen LogP contribution in [0.4, 0.5) is 0 Å². The van der Waals surface area contributed by atoms with E-state index >= 15 is 0 Å². The first-order valence-electron chi connectivity index (χ1n) is 4.96. The topological polar surface area (TPSA) is 69.6 Å². The highest BCUT2D eigenvalue weighted by Gasteiger charge is 2.01. The molecule has 1 aromatic rings. The molecule has 1 rings (SSSR count). The molecule has 3 N–H and O–H groups in total. The number of carbonyl (C=O) groups excluding carboxylic acids is 1. The fourth-order valence-corrected chi connectivity index (χ4v) is 1.81. The molecule has 0 spiro atoms. The Balaban J connectivity index is 2.33. The Kier molecular flexibility index (Phi) is 5.92. The summed E-state index contributed by atoms with van der Waals surface area (Å²) < 4.78 is 0. The van der Waals surface area contributed by atoms with Gasteiger partial charge in [-0.1, -0.05) is 12.1 Å². The van der Waals surface area contributed by atoms with Crippen molar-refractivity contribution in [1.29, 1.82) is 0 Å². The molecule has 88 valence electrons. The van der Waals surface area contributed by atoms with Gasteiger partial charge in [0.05, 0.1) is 19.0 Å². The molecule has 1 aromatic carbocycles. The average molecular weight is 241 g/mol. The van der Waals surface area contributed by atoms with E-state index in [1.54, 1.807) is 0 Å². The standard InChI is InChI=1S/C11H15NO3S/c13-6-5-12-11(15)8-16-10-3-1-9(7-14)2-4-10/h1-4,13-14H,5-8H2,(H,12,15). The fraction of sp³-hybridized carbons (Fsp3) is 0.364. The van der Waals surface area contributed by atoms with E-state index in [0.29, 0.717) is 12.3 Å². The number of carbonyl (C=O) groups is 1. The van der Waals surface area contributed by atoms with Crippen molar-refractivity contribution >= 4 is 17.7 Å². The SMILES string of the molecule is O=C(CSc1ccc(CO)cc1)NCCO. The van der Waals surface area contributed by atoms with Crippen LogP contribution < -0.4 is 5.32 Å². The van der Waals surface area contributed by atoms with E-state index in [1.165, 1.54) is 11.8 Å². The van der Waals surface area contributed by atoms with Crippen molar-refractivity contribution in [2.75, 3.05) is 18.9 Å². The molecule has 0 aliphatic rings. The predicted molar refractivity (Wildman–Crippen MR) is 63.2 cm³/mol. The van der Waals surface area contributed by atoms with Gasteiger partial charge in [0.15, 0.2) is 0 Å². The van der Waals surface area contributed by atoms with Gasteiger partial charge in [0.2, 0.25) is 5.91 Å². The van der Waals surface area contributed by atoms with E-state index in [2.05, 4.69) is 5.32 Å². The first-order valence-corrected chi connectivity index (χ1v) is 5.95. The van der Waals surface area contributed by atoms with Crippen molar-refractivity contribution in [2.24, 2.45) is 0 Å². The molecule has 0 saturated carbocycles. The summed E-state index contributed by atoms with van der Waals surface area (Å²) in [5.74, 6) is 0.239. The highest BCUT2D eigenvalue weighted by Crippen LogP contribution is 2.17. The summed E-state index contributed by atoms with van der Waals surface area (Å²) in [5, 5.41) is 19.9. The van der Waals surface area contributed by atoms with Gasteiger partial charge in [-0.05, 0) is 17.7 Å². The maximum Gasteiger partial charge on any atom is 0.230 e. The summed E-state index contributed by atoms with van der Waals surface area (Å²) in [6, 6.07) is 7.40. The quantitative estimate of drug-likeness (QED) is 0.630. The number of aliphatic hydroxyl groups is 2. The van der Waals surface area contributed by atoms with Crippen LogP contribution in [0.25, 0.3) is 0 Å². The Morgan fingerprint density at radius 2 is 1.94 bits per heavy atom. The van der Waals surface area contributed by atoms with Gasteiger partial charge < -0.3 is 15.5 Å². The Morgan fingerprint density at radius 1 is 1.25 bits per heavy atom. The second-order valence-corrected chi connectivity index (χ2v) is 4.21. The van der Waals surface area contributed by atoms with Crippen LogP contribution in [0.2, 0.25) is 0 Å². The number of hydrogen-bond donors (Lipinski definition) is 3. The number of benzene rings is 1. The van der Waals surface area contributed by atoms with Crippen LogP contribution in [0.15, 0.2) is 29.2 Å². The smallest absolute Gasteiger partial charge is 0.230 e. The van der Waals surface area contributed by atoms with Gasteiger partial charge in [-0.15, -0.1) is 11.8 Å². The van der Waals surface area contributed by atoms with Crippen LogP contribution in [-0.4, -0.2) is 35.0 Å². The monoisotopic (exact) mass is 241 g/mol. The number of aliphatic hydroxyl groups excluding tert-OH is 2. The van der Waals surface area contributed by atoms with E-state index in [1.807, 2.05) is 24.3 Å². The Labute approximate surface area is 98.7 Å². The number of nitrogens with one attached hydrogen (secondary N) is 1. The highest BCUT2D eigenvalue weighted by molar-refractivity contribution is 8.00. The lowest BCUT2D eigenvalue weighted by atomic mass is 10.2. The van der Waals surface area contributed by atoms with Crippen molar-refractivity contribution in [3.8, 4) is 0 Å². The Bertz CT molecular complexity index is 327. The second-order valence-electron chi connectivity index (χ2n) is 3.16. The summed E-state index contributed by atoms with van der Waals surface area (Å²) in [6.45, 7) is 0.284. The lowest BCUT2D eigenvalue weighted by molar-refractivity contribution is -0.118. The van der Waals surface area contributed by atoms with Crippen LogP contribution in [-0.2, 0) is 11.4 Å². The van der Waals surface area contributed by atoms with Crippen LogP contribution in [0.5, 0.6) is 0 Å². The summed E-state index contributed by atoms with van der Waals surface area (Å²) in [5.41, 5.74) is 0.856. The molecule has 0 bridgehead atoms. The van der Waals surface area contributed by atoms with Crippen molar-refractivity contribution in [1.82, 2.24) is 5.32 Å². The van der Waals surface area contributed by atoms with E-state index in [4.69, 9.17) is 10.2 Å². The van der Waals surface area contributed by atoms with Gasteiger partial charge in [0, 0.05) is 11.4 Å². The lowest BCUT2D eigenvalue weighted by Crippen LogP contribution is -2.27. The highest BCUT2D eigenvalue weighted by atomic mass is 32.2. The second kappa shape index (κ2) is 7.27. The Morgan fingerprint density at radius 3 is 2.50 bits per heavy atom. The summed E-state index contributed by atoms with van der Waals surface area (Å²) in [6.07, 6.45) is 0. The first-order chi connectivity index (χ1) is 7.76. The van der Waals surface area contributed by atoms with E-state index in [0.717, 1.165) is 10.5 Å². The van der Waals surface area contributed by atoms with Gasteiger partial charge in [0.1, 0.15) is 0 Å². The molecule has 0 saturated heterocycles. The minimum Gasteiger partial charge on any atom is -0.395 e. The van der Waals surface area contributed by atoms with E-state index in [-0.39, 0.29) is 19.1 Å². The van der Waals surface area contributed by atoms with E-state index < -0.39 is 0 Å². The van der Waals surface area contributed by atoms with Crippen molar-refractivity contribution < 1.29 is 15.0 Å². The minimum atomic E-state index is -0.0923. The molecule has 0 radical (unpaired) electrons. The first kappa shape index (κ1) is 13.0. The van der Waals surface area contributed by atoms with Crippen molar-refractivity contribution in [3.63, 3.8) is 0 Å². The molecule has 0 unspecified atom stereocenters. The Hall–Kier alpha value is -1.04. The number of amides is 1. The molecular formula is C11H15NO3S. The molecular weight excluding hydrogens is 226 g/mol. The summed E-state index contributed by atoms with van der Waals surface area (Å²) in [7, 11) is 0. The molecule has 16 heavy (non-hydrogen) atoms. The molecule has 1 amide bonds. The van der Waals surface area contributed by atoms with Gasteiger partial charge in [-0.3, -0.25) is 4.79 Å². The molecule has 4 nitrogen and oxygen atoms in total.